The number of carboxylic acid groups (broad SMARTS) is 1. The van der Waals surface area contributed by atoms with E-state index in [1.807, 2.05) is 48.9 Å². The van der Waals surface area contributed by atoms with Crippen molar-refractivity contribution in [2.24, 2.45) is 0 Å². The first-order valence-corrected chi connectivity index (χ1v) is 10.8. The van der Waals surface area contributed by atoms with Gasteiger partial charge >= 0.3 is 5.97 Å². The molecular formula is C25H29FN2O4. The molecule has 1 heterocycles. The van der Waals surface area contributed by atoms with Gasteiger partial charge in [0.15, 0.2) is 0 Å². The van der Waals surface area contributed by atoms with Crippen LogP contribution >= 0.6 is 0 Å². The second-order valence-corrected chi connectivity index (χ2v) is 8.30. The molecule has 32 heavy (non-hydrogen) atoms. The number of rotatable bonds is 10. The van der Waals surface area contributed by atoms with Gasteiger partial charge in [0.2, 0.25) is 0 Å². The van der Waals surface area contributed by atoms with Crippen molar-refractivity contribution in [3.05, 3.63) is 71.7 Å². The topological polar surface area (TPSA) is 95.6 Å². The fraction of sp³-hybridized carbons (Fsp3) is 0.360. The highest BCUT2D eigenvalue weighted by Crippen LogP contribution is 2.34. The van der Waals surface area contributed by atoms with Crippen molar-refractivity contribution >= 4 is 5.97 Å². The largest absolute Gasteiger partial charge is 0.481 e. The predicted octanol–water partition coefficient (Wildman–Crippen LogP) is 4.32. The molecule has 3 aromatic rings. The van der Waals surface area contributed by atoms with Crippen LogP contribution < -0.4 is 0 Å². The third-order valence-electron chi connectivity index (χ3n) is 5.36. The van der Waals surface area contributed by atoms with Gasteiger partial charge in [0.1, 0.15) is 5.82 Å². The van der Waals surface area contributed by atoms with E-state index in [0.29, 0.717) is 12.8 Å². The Balaban J connectivity index is 1.99. The minimum atomic E-state index is -1.10. The van der Waals surface area contributed by atoms with Gasteiger partial charge in [0.05, 0.1) is 35.7 Å². The number of hydrogen-bond acceptors (Lipinski definition) is 4. The van der Waals surface area contributed by atoms with E-state index >= 15 is 0 Å². The number of benzene rings is 2. The Bertz CT molecular complexity index is 1030. The average molecular weight is 441 g/mol. The van der Waals surface area contributed by atoms with Gasteiger partial charge in [-0.25, -0.2) is 9.07 Å². The quantitative estimate of drug-likeness (QED) is 0.436. The van der Waals surface area contributed by atoms with E-state index in [0.717, 1.165) is 28.2 Å². The van der Waals surface area contributed by atoms with Gasteiger partial charge in [0.25, 0.3) is 0 Å². The molecule has 170 valence electrons. The first kappa shape index (κ1) is 23.6. The average Bonchev–Trinajstić information content (AvgIpc) is 3.12. The molecule has 0 bridgehead atoms. The molecule has 6 nitrogen and oxygen atoms in total. The number of nitrogens with zero attached hydrogens (tertiary/aromatic N) is 2. The molecule has 3 N–H and O–H groups in total. The van der Waals surface area contributed by atoms with E-state index in [2.05, 4.69) is 0 Å². The Morgan fingerprint density at radius 3 is 2.28 bits per heavy atom. The predicted molar refractivity (Wildman–Crippen MR) is 120 cm³/mol. The number of carboxylic acids is 1. The van der Waals surface area contributed by atoms with Crippen molar-refractivity contribution in [1.29, 1.82) is 0 Å². The molecule has 0 saturated carbocycles. The van der Waals surface area contributed by atoms with Crippen LogP contribution in [-0.2, 0) is 11.2 Å². The molecule has 0 aliphatic heterocycles. The summed E-state index contributed by atoms with van der Waals surface area (Å²) in [5, 5.41) is 34.0. The van der Waals surface area contributed by atoms with Crippen molar-refractivity contribution < 1.29 is 24.5 Å². The molecular weight excluding hydrogens is 411 g/mol. The Morgan fingerprint density at radius 1 is 1.03 bits per heavy atom. The molecule has 0 aliphatic carbocycles. The summed E-state index contributed by atoms with van der Waals surface area (Å²) in [7, 11) is 0. The molecule has 0 aliphatic rings. The molecule has 0 spiro atoms. The Kier molecular flexibility index (Phi) is 7.77. The van der Waals surface area contributed by atoms with E-state index in [4.69, 9.17) is 10.2 Å². The van der Waals surface area contributed by atoms with Crippen LogP contribution in [0, 0.1) is 5.82 Å². The molecule has 1 unspecified atom stereocenters. The molecule has 2 aromatic carbocycles. The number of hydrogen-bond donors (Lipinski definition) is 3. The number of carbonyl (C=O) groups is 1. The lowest BCUT2D eigenvalue weighted by molar-refractivity contribution is -0.139. The maximum absolute atomic E-state index is 13.6. The summed E-state index contributed by atoms with van der Waals surface area (Å²) in [4.78, 5) is 10.8. The maximum atomic E-state index is 13.6. The van der Waals surface area contributed by atoms with Crippen LogP contribution in [0.25, 0.3) is 16.9 Å². The van der Waals surface area contributed by atoms with Gasteiger partial charge in [-0.15, -0.1) is 0 Å². The highest BCUT2D eigenvalue weighted by molar-refractivity contribution is 5.68. The Labute approximate surface area is 187 Å². The lowest BCUT2D eigenvalue weighted by Gasteiger charge is -2.16. The summed E-state index contributed by atoms with van der Waals surface area (Å²) >= 11 is 0. The van der Waals surface area contributed by atoms with Gasteiger partial charge in [-0.2, -0.15) is 5.10 Å². The van der Waals surface area contributed by atoms with Crippen LogP contribution in [0.2, 0.25) is 0 Å². The van der Waals surface area contributed by atoms with Crippen molar-refractivity contribution in [2.75, 3.05) is 0 Å². The van der Waals surface area contributed by atoms with Crippen molar-refractivity contribution in [3.8, 4) is 16.9 Å². The van der Waals surface area contributed by atoms with E-state index in [-0.39, 0.29) is 18.2 Å². The van der Waals surface area contributed by atoms with Crippen LogP contribution in [0.4, 0.5) is 4.39 Å². The first-order valence-electron chi connectivity index (χ1n) is 10.8. The highest BCUT2D eigenvalue weighted by Gasteiger charge is 2.23. The van der Waals surface area contributed by atoms with Crippen LogP contribution in [0.5, 0.6) is 0 Å². The summed E-state index contributed by atoms with van der Waals surface area (Å²) in [6.45, 7) is 4.09. The summed E-state index contributed by atoms with van der Waals surface area (Å²) in [6.07, 6.45) is -1.55. The molecule has 1 aromatic heterocycles. The smallest absolute Gasteiger partial charge is 0.305 e. The summed E-state index contributed by atoms with van der Waals surface area (Å²) in [5.41, 5.74) is 4.34. The fourth-order valence-electron chi connectivity index (χ4n) is 3.87. The zero-order valence-corrected chi connectivity index (χ0v) is 18.3. The van der Waals surface area contributed by atoms with Crippen molar-refractivity contribution in [1.82, 2.24) is 9.78 Å². The standard InChI is InChI=1S/C25H29FN2O4/c1-16(2)24-22(13-12-20(29)14-21(30)15-23(31)32)25(17-8-10-18(26)11-9-17)28(27-24)19-6-4-3-5-7-19/h3-11,16,20-21,29-30H,12-15H2,1-2H3,(H,31,32)/t20?,21-/m1/s1. The van der Waals surface area contributed by atoms with E-state index in [1.165, 1.54) is 12.1 Å². The Morgan fingerprint density at radius 2 is 1.69 bits per heavy atom. The molecule has 0 amide bonds. The number of aromatic nitrogens is 2. The fourth-order valence-corrected chi connectivity index (χ4v) is 3.87. The number of aliphatic hydroxyl groups is 2. The number of aliphatic hydroxyl groups excluding tert-OH is 2. The lowest BCUT2D eigenvalue weighted by atomic mass is 9.94. The number of halogens is 1. The zero-order chi connectivity index (χ0) is 23.3. The van der Waals surface area contributed by atoms with E-state index in [9.17, 15) is 19.4 Å². The van der Waals surface area contributed by atoms with Crippen LogP contribution in [-0.4, -0.2) is 43.3 Å². The van der Waals surface area contributed by atoms with Gasteiger partial charge in [-0.05, 0) is 61.6 Å². The maximum Gasteiger partial charge on any atom is 0.305 e. The first-order chi connectivity index (χ1) is 15.3. The monoisotopic (exact) mass is 440 g/mol. The van der Waals surface area contributed by atoms with Crippen molar-refractivity contribution in [3.63, 3.8) is 0 Å². The van der Waals surface area contributed by atoms with Crippen LogP contribution in [0.1, 0.15) is 50.3 Å². The minimum absolute atomic E-state index is 0.0119. The van der Waals surface area contributed by atoms with Gasteiger partial charge < -0.3 is 15.3 Å². The number of para-hydroxylation sites is 1. The molecule has 3 rings (SSSR count). The molecule has 0 saturated heterocycles. The van der Waals surface area contributed by atoms with Crippen molar-refractivity contribution in [2.45, 2.75) is 57.7 Å². The second-order valence-electron chi connectivity index (χ2n) is 8.30. The highest BCUT2D eigenvalue weighted by atomic mass is 19.1. The molecule has 2 atom stereocenters. The SMILES string of the molecule is CC(C)c1nn(-c2ccccc2)c(-c2ccc(F)cc2)c1CCC(O)C[C@@H](O)CC(=O)O. The third-order valence-corrected chi connectivity index (χ3v) is 5.36. The zero-order valence-electron chi connectivity index (χ0n) is 18.3. The summed E-state index contributed by atoms with van der Waals surface area (Å²) in [5.74, 6) is -1.31. The molecule has 7 heteroatoms. The number of aliphatic carboxylic acids is 1. The Hall–Kier alpha value is -3.03. The van der Waals surface area contributed by atoms with E-state index < -0.39 is 24.6 Å². The summed E-state index contributed by atoms with van der Waals surface area (Å²) in [6, 6.07) is 15.9. The van der Waals surface area contributed by atoms with Gasteiger partial charge in [0, 0.05) is 11.1 Å². The molecule has 0 fully saturated rings. The van der Waals surface area contributed by atoms with Gasteiger partial charge in [-0.3, -0.25) is 4.79 Å². The van der Waals surface area contributed by atoms with E-state index in [1.54, 1.807) is 12.1 Å². The second kappa shape index (κ2) is 10.5. The lowest BCUT2D eigenvalue weighted by Crippen LogP contribution is -2.21. The van der Waals surface area contributed by atoms with Gasteiger partial charge in [-0.1, -0.05) is 32.0 Å². The van der Waals surface area contributed by atoms with Crippen LogP contribution in [0.15, 0.2) is 54.6 Å². The normalized spacial score (nSPS) is 13.3. The molecule has 0 radical (unpaired) electrons. The third kappa shape index (κ3) is 5.81. The minimum Gasteiger partial charge on any atom is -0.481 e. The summed E-state index contributed by atoms with van der Waals surface area (Å²) < 4.78 is 15.5. The van der Waals surface area contributed by atoms with Crippen LogP contribution in [0.3, 0.4) is 0 Å².